The average Bonchev–Trinajstić information content (AvgIpc) is 2.89. The molecule has 0 aliphatic carbocycles. The molecule has 1 saturated heterocycles. The van der Waals surface area contributed by atoms with E-state index in [4.69, 9.17) is 0 Å². The minimum atomic E-state index is -3.21. The molecule has 1 fully saturated rings. The Kier molecular flexibility index (Phi) is 4.52. The Bertz CT molecular complexity index is 813. The number of nitrogens with one attached hydrogen (secondary N) is 2. The van der Waals surface area contributed by atoms with Gasteiger partial charge in [0.1, 0.15) is 0 Å². The second-order valence-corrected chi connectivity index (χ2v) is 7.92. The molecule has 124 valence electrons. The van der Waals surface area contributed by atoms with E-state index in [9.17, 15) is 13.2 Å². The van der Waals surface area contributed by atoms with Crippen molar-refractivity contribution in [1.29, 1.82) is 0 Å². The Hall–Kier alpha value is -1.70. The first-order valence-electron chi connectivity index (χ1n) is 7.71. The number of ketones is 1. The van der Waals surface area contributed by atoms with Gasteiger partial charge in [0.05, 0.1) is 12.8 Å². The lowest BCUT2D eigenvalue weighted by Crippen LogP contribution is -2.48. The van der Waals surface area contributed by atoms with Crippen molar-refractivity contribution >= 4 is 26.7 Å². The van der Waals surface area contributed by atoms with Crippen LogP contribution < -0.4 is 4.72 Å². The zero-order valence-corrected chi connectivity index (χ0v) is 13.9. The normalized spacial score (nSPS) is 20.0. The maximum atomic E-state index is 12.6. The van der Waals surface area contributed by atoms with E-state index in [0.717, 1.165) is 30.3 Å². The van der Waals surface area contributed by atoms with Crippen LogP contribution in [-0.4, -0.2) is 56.0 Å². The Morgan fingerprint density at radius 3 is 2.96 bits per heavy atom. The molecule has 7 heteroatoms. The number of sulfonamides is 1. The molecule has 1 atom stereocenters. The number of hydrogen-bond donors (Lipinski definition) is 2. The minimum Gasteiger partial charge on any atom is -0.360 e. The highest BCUT2D eigenvalue weighted by atomic mass is 32.2. The number of aromatic nitrogens is 1. The summed E-state index contributed by atoms with van der Waals surface area (Å²) in [6.45, 7) is 1.70. The average molecular weight is 335 g/mol. The summed E-state index contributed by atoms with van der Waals surface area (Å²) in [6.07, 6.45) is 4.62. The largest absolute Gasteiger partial charge is 0.360 e. The van der Waals surface area contributed by atoms with Crippen molar-refractivity contribution in [3.8, 4) is 0 Å². The molecule has 2 aromatic rings. The summed E-state index contributed by atoms with van der Waals surface area (Å²) in [5.41, 5.74) is 1.64. The van der Waals surface area contributed by atoms with Crippen LogP contribution in [0.15, 0.2) is 30.5 Å². The lowest BCUT2D eigenvalue weighted by molar-refractivity contribution is 0.0907. The number of carbonyl (C=O) groups is 1. The van der Waals surface area contributed by atoms with Crippen molar-refractivity contribution < 1.29 is 13.2 Å². The predicted molar refractivity (Wildman–Crippen MR) is 90.1 cm³/mol. The summed E-state index contributed by atoms with van der Waals surface area (Å²) in [5, 5.41) is 0.931. The van der Waals surface area contributed by atoms with Crippen LogP contribution >= 0.6 is 0 Å². The minimum absolute atomic E-state index is 0.0578. The van der Waals surface area contributed by atoms with E-state index >= 15 is 0 Å². The van der Waals surface area contributed by atoms with Gasteiger partial charge in [-0.15, -0.1) is 0 Å². The highest BCUT2D eigenvalue weighted by Crippen LogP contribution is 2.19. The SMILES string of the molecule is CS(=O)(=O)N[C@H]1CCCN(CC(=O)c2c[nH]c3ccccc23)C1. The molecule has 0 saturated carbocycles. The lowest BCUT2D eigenvalue weighted by atomic mass is 10.0. The van der Waals surface area contributed by atoms with Crippen molar-refractivity contribution in [1.82, 2.24) is 14.6 Å². The fourth-order valence-electron chi connectivity index (χ4n) is 3.19. The second kappa shape index (κ2) is 6.43. The zero-order chi connectivity index (χ0) is 16.4. The molecule has 1 aromatic carbocycles. The van der Waals surface area contributed by atoms with Gasteiger partial charge in [0, 0.05) is 35.2 Å². The smallest absolute Gasteiger partial charge is 0.208 e. The van der Waals surface area contributed by atoms with Crippen molar-refractivity contribution in [3.63, 3.8) is 0 Å². The van der Waals surface area contributed by atoms with Gasteiger partial charge in [0.25, 0.3) is 0 Å². The molecule has 1 aliphatic rings. The van der Waals surface area contributed by atoms with Crippen LogP contribution in [0.25, 0.3) is 10.9 Å². The van der Waals surface area contributed by atoms with Crippen LogP contribution in [0.3, 0.4) is 0 Å². The number of H-pyrrole nitrogens is 1. The van der Waals surface area contributed by atoms with Gasteiger partial charge in [0.15, 0.2) is 5.78 Å². The van der Waals surface area contributed by atoms with E-state index in [2.05, 4.69) is 9.71 Å². The number of fused-ring (bicyclic) bond motifs is 1. The van der Waals surface area contributed by atoms with E-state index in [1.165, 1.54) is 6.26 Å². The number of carbonyl (C=O) groups excluding carboxylic acids is 1. The Balaban J connectivity index is 1.68. The van der Waals surface area contributed by atoms with Gasteiger partial charge < -0.3 is 4.98 Å². The maximum absolute atomic E-state index is 12.6. The number of rotatable bonds is 5. The molecule has 0 amide bonds. The zero-order valence-electron chi connectivity index (χ0n) is 13.1. The molecular formula is C16H21N3O3S. The van der Waals surface area contributed by atoms with Crippen molar-refractivity contribution in [3.05, 3.63) is 36.0 Å². The number of para-hydroxylation sites is 1. The number of piperidine rings is 1. The molecular weight excluding hydrogens is 314 g/mol. The van der Waals surface area contributed by atoms with Crippen LogP contribution in [0.2, 0.25) is 0 Å². The van der Waals surface area contributed by atoms with E-state index in [0.29, 0.717) is 18.7 Å². The van der Waals surface area contributed by atoms with Crippen LogP contribution in [0.1, 0.15) is 23.2 Å². The molecule has 1 aliphatic heterocycles. The number of benzene rings is 1. The highest BCUT2D eigenvalue weighted by molar-refractivity contribution is 7.88. The summed E-state index contributed by atoms with van der Waals surface area (Å²) >= 11 is 0. The van der Waals surface area contributed by atoms with Gasteiger partial charge in [-0.05, 0) is 25.5 Å². The third-order valence-electron chi connectivity index (χ3n) is 4.14. The lowest BCUT2D eigenvalue weighted by Gasteiger charge is -2.32. The molecule has 2 N–H and O–H groups in total. The molecule has 3 rings (SSSR count). The number of likely N-dealkylation sites (tertiary alicyclic amines) is 1. The standard InChI is InChI=1S/C16H21N3O3S/c1-23(21,22)18-12-5-4-8-19(10-12)11-16(20)14-9-17-15-7-3-2-6-13(14)15/h2-3,6-7,9,12,17-18H,4-5,8,10-11H2,1H3/t12-/m0/s1. The summed E-state index contributed by atoms with van der Waals surface area (Å²) in [4.78, 5) is 17.7. The summed E-state index contributed by atoms with van der Waals surface area (Å²) in [5.74, 6) is 0.0578. The monoisotopic (exact) mass is 335 g/mol. The quantitative estimate of drug-likeness (QED) is 0.809. The van der Waals surface area contributed by atoms with E-state index < -0.39 is 10.0 Å². The predicted octanol–water partition coefficient (Wildman–Crippen LogP) is 1.36. The van der Waals surface area contributed by atoms with Crippen LogP contribution in [-0.2, 0) is 10.0 Å². The summed E-state index contributed by atoms with van der Waals surface area (Å²) < 4.78 is 25.4. The third kappa shape index (κ3) is 3.99. The molecule has 0 bridgehead atoms. The molecule has 0 spiro atoms. The number of hydrogen-bond acceptors (Lipinski definition) is 4. The Morgan fingerprint density at radius 2 is 2.17 bits per heavy atom. The molecule has 0 radical (unpaired) electrons. The Morgan fingerprint density at radius 1 is 1.39 bits per heavy atom. The first-order valence-corrected chi connectivity index (χ1v) is 9.60. The second-order valence-electron chi connectivity index (χ2n) is 6.14. The topological polar surface area (TPSA) is 82.3 Å². The number of nitrogens with zero attached hydrogens (tertiary/aromatic N) is 1. The first-order chi connectivity index (χ1) is 10.9. The molecule has 6 nitrogen and oxygen atoms in total. The first kappa shape index (κ1) is 16.2. The van der Waals surface area contributed by atoms with Crippen LogP contribution in [0.5, 0.6) is 0 Å². The van der Waals surface area contributed by atoms with Gasteiger partial charge in [-0.1, -0.05) is 18.2 Å². The van der Waals surface area contributed by atoms with Gasteiger partial charge in [-0.2, -0.15) is 0 Å². The van der Waals surface area contributed by atoms with E-state index in [-0.39, 0.29) is 11.8 Å². The van der Waals surface area contributed by atoms with E-state index in [1.807, 2.05) is 29.2 Å². The molecule has 2 heterocycles. The van der Waals surface area contributed by atoms with Crippen molar-refractivity contribution in [2.75, 3.05) is 25.9 Å². The van der Waals surface area contributed by atoms with Gasteiger partial charge >= 0.3 is 0 Å². The van der Waals surface area contributed by atoms with Crippen molar-refractivity contribution in [2.45, 2.75) is 18.9 Å². The van der Waals surface area contributed by atoms with Crippen molar-refractivity contribution in [2.24, 2.45) is 0 Å². The van der Waals surface area contributed by atoms with Gasteiger partial charge in [0.2, 0.25) is 10.0 Å². The van der Waals surface area contributed by atoms with Gasteiger partial charge in [-0.25, -0.2) is 13.1 Å². The molecule has 1 aromatic heterocycles. The summed E-state index contributed by atoms with van der Waals surface area (Å²) in [6, 6.07) is 7.61. The maximum Gasteiger partial charge on any atom is 0.208 e. The highest BCUT2D eigenvalue weighted by Gasteiger charge is 2.24. The fourth-order valence-corrected chi connectivity index (χ4v) is 3.99. The Labute approximate surface area is 135 Å². The molecule has 23 heavy (non-hydrogen) atoms. The number of aromatic amines is 1. The summed E-state index contributed by atoms with van der Waals surface area (Å²) in [7, 11) is -3.21. The van der Waals surface area contributed by atoms with Crippen LogP contribution in [0, 0.1) is 0 Å². The molecule has 0 unspecified atom stereocenters. The van der Waals surface area contributed by atoms with Gasteiger partial charge in [-0.3, -0.25) is 9.69 Å². The fraction of sp³-hybridized carbons (Fsp3) is 0.438. The third-order valence-corrected chi connectivity index (χ3v) is 4.90. The number of Topliss-reactive ketones (excluding diaryl/α,β-unsaturated/α-hetero) is 1. The van der Waals surface area contributed by atoms with Crippen LogP contribution in [0.4, 0.5) is 0 Å². The van der Waals surface area contributed by atoms with E-state index in [1.54, 1.807) is 6.20 Å².